The Balaban J connectivity index is 1.59. The third kappa shape index (κ3) is 4.24. The molecule has 0 bridgehead atoms. The molecule has 4 rings (SSSR count). The molecule has 160 valence electrons. The number of hydrogen-bond donors (Lipinski definition) is 3. The van der Waals surface area contributed by atoms with Gasteiger partial charge in [0, 0.05) is 19.6 Å². The number of nitrogens with one attached hydrogen (secondary N) is 3. The molecular formula is C19H22N4O6S. The van der Waals surface area contributed by atoms with E-state index in [1.165, 1.54) is 18.2 Å². The molecule has 1 atom stereocenters. The summed E-state index contributed by atoms with van der Waals surface area (Å²) in [6.45, 7) is 4.41. The number of morpholine rings is 1. The molecule has 0 amide bonds. The van der Waals surface area contributed by atoms with Crippen LogP contribution in [0.15, 0.2) is 49.2 Å². The van der Waals surface area contributed by atoms with E-state index in [2.05, 4.69) is 19.6 Å². The van der Waals surface area contributed by atoms with Crippen molar-refractivity contribution in [3.63, 3.8) is 0 Å². The Labute approximate surface area is 171 Å². The second kappa shape index (κ2) is 8.19. The minimum absolute atomic E-state index is 0.0194. The lowest BCUT2D eigenvalue weighted by Gasteiger charge is -2.33. The van der Waals surface area contributed by atoms with E-state index < -0.39 is 21.1 Å². The van der Waals surface area contributed by atoms with Gasteiger partial charge in [-0.1, -0.05) is 0 Å². The molecule has 1 unspecified atom stereocenters. The quantitative estimate of drug-likeness (QED) is 0.480. The van der Waals surface area contributed by atoms with Gasteiger partial charge in [0.05, 0.1) is 35.2 Å². The average molecular weight is 434 g/mol. The van der Waals surface area contributed by atoms with Crippen LogP contribution in [-0.2, 0) is 14.8 Å². The Bertz CT molecular complexity index is 1270. The molecule has 1 fully saturated rings. The lowest BCUT2D eigenvalue weighted by atomic mass is 10.2. The number of furan rings is 1. The van der Waals surface area contributed by atoms with E-state index >= 15 is 0 Å². The molecule has 0 aliphatic carbocycles. The molecule has 3 aromatic rings. The van der Waals surface area contributed by atoms with Gasteiger partial charge in [-0.3, -0.25) is 14.5 Å². The minimum atomic E-state index is -3.87. The third-order valence-electron chi connectivity index (χ3n) is 5.05. The van der Waals surface area contributed by atoms with Crippen molar-refractivity contribution in [2.45, 2.75) is 17.9 Å². The Kier molecular flexibility index (Phi) is 5.60. The highest BCUT2D eigenvalue weighted by Gasteiger charge is 2.27. The van der Waals surface area contributed by atoms with Gasteiger partial charge in [-0.15, -0.1) is 0 Å². The van der Waals surface area contributed by atoms with Crippen molar-refractivity contribution in [1.29, 1.82) is 0 Å². The molecule has 2 aromatic heterocycles. The van der Waals surface area contributed by atoms with Crippen molar-refractivity contribution in [3.05, 3.63) is 62.6 Å². The first kappa shape index (κ1) is 20.5. The Morgan fingerprint density at radius 2 is 1.77 bits per heavy atom. The molecule has 1 saturated heterocycles. The van der Waals surface area contributed by atoms with Crippen LogP contribution in [0.4, 0.5) is 0 Å². The first-order valence-corrected chi connectivity index (χ1v) is 11.0. The predicted octanol–water partition coefficient (Wildman–Crippen LogP) is 0.470. The van der Waals surface area contributed by atoms with Crippen LogP contribution in [0.25, 0.3) is 11.0 Å². The Morgan fingerprint density at radius 3 is 2.43 bits per heavy atom. The van der Waals surface area contributed by atoms with Gasteiger partial charge in [0.25, 0.3) is 0 Å². The molecule has 3 heterocycles. The zero-order valence-electron chi connectivity index (χ0n) is 16.3. The van der Waals surface area contributed by atoms with E-state index in [0.717, 1.165) is 5.76 Å². The molecule has 10 nitrogen and oxygen atoms in total. The second-order valence-corrected chi connectivity index (χ2v) is 8.85. The Hall–Kier alpha value is -2.73. The van der Waals surface area contributed by atoms with Gasteiger partial charge in [-0.2, -0.15) is 0 Å². The maximum Gasteiger partial charge on any atom is 0.314 e. The van der Waals surface area contributed by atoms with Gasteiger partial charge in [0.2, 0.25) is 10.0 Å². The maximum atomic E-state index is 12.9. The van der Waals surface area contributed by atoms with Crippen LogP contribution in [0.1, 0.15) is 17.6 Å². The van der Waals surface area contributed by atoms with Crippen LogP contribution >= 0.6 is 0 Å². The van der Waals surface area contributed by atoms with Crippen LogP contribution in [0.3, 0.4) is 0 Å². The van der Waals surface area contributed by atoms with E-state index in [9.17, 15) is 18.0 Å². The topological polar surface area (TPSA) is 138 Å². The fraction of sp³-hybridized carbons (Fsp3) is 0.368. The van der Waals surface area contributed by atoms with Crippen molar-refractivity contribution in [2.24, 2.45) is 0 Å². The summed E-state index contributed by atoms with van der Waals surface area (Å²) in [4.78, 5) is 29.9. The predicted molar refractivity (Wildman–Crippen MR) is 109 cm³/mol. The highest BCUT2D eigenvalue weighted by Crippen LogP contribution is 2.24. The van der Waals surface area contributed by atoms with Gasteiger partial charge in [0.1, 0.15) is 11.5 Å². The fourth-order valence-corrected chi connectivity index (χ4v) is 4.53. The fourth-order valence-electron chi connectivity index (χ4n) is 3.46. The van der Waals surface area contributed by atoms with Crippen molar-refractivity contribution in [2.75, 3.05) is 32.8 Å². The van der Waals surface area contributed by atoms with Crippen LogP contribution in [0.5, 0.6) is 0 Å². The number of aryl methyl sites for hydroxylation is 1. The molecule has 0 radical (unpaired) electrons. The van der Waals surface area contributed by atoms with Crippen LogP contribution < -0.4 is 15.8 Å². The zero-order valence-corrected chi connectivity index (χ0v) is 17.1. The Morgan fingerprint density at radius 1 is 1.07 bits per heavy atom. The molecule has 3 N–H and O–H groups in total. The van der Waals surface area contributed by atoms with E-state index in [-0.39, 0.29) is 23.0 Å². The van der Waals surface area contributed by atoms with Gasteiger partial charge in [-0.25, -0.2) is 13.1 Å². The maximum absolute atomic E-state index is 12.9. The van der Waals surface area contributed by atoms with Crippen molar-refractivity contribution in [1.82, 2.24) is 19.6 Å². The number of fused-ring (bicyclic) bond motifs is 1. The summed E-state index contributed by atoms with van der Waals surface area (Å²) in [7, 11) is -3.87. The number of hydrogen-bond acceptors (Lipinski definition) is 7. The second-order valence-electron chi connectivity index (χ2n) is 7.08. The normalized spacial score (nSPS) is 16.7. The van der Waals surface area contributed by atoms with E-state index in [1.54, 1.807) is 0 Å². The summed E-state index contributed by atoms with van der Waals surface area (Å²) >= 11 is 0. The highest BCUT2D eigenvalue weighted by atomic mass is 32.2. The molecule has 0 saturated carbocycles. The van der Waals surface area contributed by atoms with Gasteiger partial charge in [-0.05, 0) is 37.3 Å². The lowest BCUT2D eigenvalue weighted by Crippen LogP contribution is -2.43. The van der Waals surface area contributed by atoms with Crippen molar-refractivity contribution < 1.29 is 17.6 Å². The average Bonchev–Trinajstić information content (AvgIpc) is 3.15. The lowest BCUT2D eigenvalue weighted by molar-refractivity contribution is 0.0127. The SMILES string of the molecule is Cc1ccc(C(CNS(=O)(=O)c2ccc3[nH]c(=O)c(=O)[nH]c3c2)N2CCOCC2)o1. The summed E-state index contributed by atoms with van der Waals surface area (Å²) in [6, 6.07) is 7.54. The van der Waals surface area contributed by atoms with E-state index in [0.29, 0.717) is 37.6 Å². The van der Waals surface area contributed by atoms with E-state index in [1.807, 2.05) is 19.1 Å². The smallest absolute Gasteiger partial charge is 0.314 e. The minimum Gasteiger partial charge on any atom is -0.465 e. The first-order chi connectivity index (χ1) is 14.3. The number of H-pyrrole nitrogens is 2. The summed E-state index contributed by atoms with van der Waals surface area (Å²) in [5.41, 5.74) is -1.06. The number of benzene rings is 1. The van der Waals surface area contributed by atoms with Gasteiger partial charge >= 0.3 is 11.1 Å². The summed E-state index contributed by atoms with van der Waals surface area (Å²) in [5.74, 6) is 1.43. The molecule has 30 heavy (non-hydrogen) atoms. The zero-order chi connectivity index (χ0) is 21.3. The van der Waals surface area contributed by atoms with Crippen LogP contribution in [0, 0.1) is 6.92 Å². The van der Waals surface area contributed by atoms with Crippen molar-refractivity contribution >= 4 is 21.1 Å². The molecular weight excluding hydrogens is 412 g/mol. The molecule has 1 aliphatic heterocycles. The number of ether oxygens (including phenoxy) is 1. The van der Waals surface area contributed by atoms with Crippen molar-refractivity contribution in [3.8, 4) is 0 Å². The number of nitrogens with zero attached hydrogens (tertiary/aromatic N) is 1. The van der Waals surface area contributed by atoms with Crippen LogP contribution in [-0.4, -0.2) is 56.1 Å². The summed E-state index contributed by atoms with van der Waals surface area (Å²) in [6.07, 6.45) is 0. The third-order valence-corrected chi connectivity index (χ3v) is 6.47. The summed E-state index contributed by atoms with van der Waals surface area (Å²) in [5, 5.41) is 0. The molecule has 11 heteroatoms. The largest absolute Gasteiger partial charge is 0.465 e. The number of sulfonamides is 1. The summed E-state index contributed by atoms with van der Waals surface area (Å²) < 4.78 is 39.6. The van der Waals surface area contributed by atoms with Crippen LogP contribution in [0.2, 0.25) is 0 Å². The number of aromatic nitrogens is 2. The van der Waals surface area contributed by atoms with E-state index in [4.69, 9.17) is 9.15 Å². The van der Waals surface area contributed by atoms with Gasteiger partial charge in [0.15, 0.2) is 0 Å². The molecule has 0 spiro atoms. The monoisotopic (exact) mass is 434 g/mol. The molecule has 1 aromatic carbocycles. The highest BCUT2D eigenvalue weighted by molar-refractivity contribution is 7.89. The first-order valence-electron chi connectivity index (χ1n) is 9.48. The van der Waals surface area contributed by atoms with Gasteiger partial charge < -0.3 is 19.1 Å². The molecule has 1 aliphatic rings. The standard InChI is InChI=1S/C19H22N4O6S/c1-12-2-5-17(29-12)16(23-6-8-28-9-7-23)11-20-30(26,27)13-3-4-14-15(10-13)22-19(25)18(24)21-14/h2-5,10,16,20H,6-9,11H2,1H3,(H,21,24)(H,22,25). The number of aromatic amines is 2. The number of rotatable bonds is 6.